The van der Waals surface area contributed by atoms with Gasteiger partial charge in [-0.3, -0.25) is 4.79 Å². The van der Waals surface area contributed by atoms with Gasteiger partial charge >= 0.3 is 0 Å². The van der Waals surface area contributed by atoms with Crippen LogP contribution in [0.1, 0.15) is 36.8 Å². The number of benzene rings is 2. The first kappa shape index (κ1) is 25.7. The first-order valence-electron chi connectivity index (χ1n) is 12.1. The van der Waals surface area contributed by atoms with E-state index in [0.29, 0.717) is 45.3 Å². The molecule has 39 heavy (non-hydrogen) atoms. The minimum atomic E-state index is -0.553. The normalized spacial score (nSPS) is 16.5. The molecule has 0 aliphatic carbocycles. The fourth-order valence-electron chi connectivity index (χ4n) is 5.14. The molecule has 198 valence electrons. The van der Waals surface area contributed by atoms with Crippen molar-refractivity contribution in [1.29, 1.82) is 0 Å². The van der Waals surface area contributed by atoms with Crippen LogP contribution in [0.5, 0.6) is 0 Å². The largest absolute Gasteiger partial charge is 0.398 e. The molecule has 0 fully saturated rings. The molecule has 0 unspecified atom stereocenters. The van der Waals surface area contributed by atoms with Gasteiger partial charge in [-0.25, -0.2) is 9.67 Å². The van der Waals surface area contributed by atoms with Gasteiger partial charge in [-0.05, 0) is 60.6 Å². The second kappa shape index (κ2) is 9.86. The van der Waals surface area contributed by atoms with E-state index >= 15 is 4.39 Å². The van der Waals surface area contributed by atoms with Gasteiger partial charge in [0.2, 0.25) is 5.95 Å². The van der Waals surface area contributed by atoms with E-state index in [1.165, 1.54) is 16.4 Å². The molecule has 0 radical (unpaired) electrons. The predicted octanol–water partition coefficient (Wildman–Crippen LogP) is 6.33. The zero-order valence-electron chi connectivity index (χ0n) is 20.8. The van der Waals surface area contributed by atoms with Crippen molar-refractivity contribution in [1.82, 2.24) is 29.5 Å². The number of nitrogens with two attached hydrogens (primary N) is 1. The number of aromatic amines is 1. The van der Waals surface area contributed by atoms with Gasteiger partial charge in [-0.15, -0.1) is 16.9 Å². The van der Waals surface area contributed by atoms with Crippen LogP contribution in [-0.2, 0) is 0 Å². The standard InChI is InChI=1S/C27H22Cl2FN7OS/c1-13-7-21(27-32-25(26(30)33-27)14-3-5-18(31)22(9-14)39-2)37-20(13)8-15(10-24(37)38)17-11-16(28)4-6-19(17)36-12-23(29)34-35-36/h3-6,8-13,21H,7,31H2,1-2H3,(H,32,33)/t13-,21+/m1/s1. The molecule has 0 spiro atoms. The van der Waals surface area contributed by atoms with E-state index in [1.54, 1.807) is 47.2 Å². The number of imidazole rings is 1. The Morgan fingerprint density at radius 2 is 1.95 bits per heavy atom. The Hall–Kier alpha value is -3.60. The van der Waals surface area contributed by atoms with Crippen molar-refractivity contribution in [2.24, 2.45) is 0 Å². The number of hydrogen-bond acceptors (Lipinski definition) is 6. The fraction of sp³-hybridized carbons (Fsp3) is 0.185. The van der Waals surface area contributed by atoms with Crippen LogP contribution in [0.15, 0.2) is 64.4 Å². The third kappa shape index (κ3) is 4.52. The Labute approximate surface area is 237 Å². The summed E-state index contributed by atoms with van der Waals surface area (Å²) in [7, 11) is 0. The summed E-state index contributed by atoms with van der Waals surface area (Å²) in [5.41, 5.74) is 10.1. The van der Waals surface area contributed by atoms with Crippen LogP contribution in [0.2, 0.25) is 10.2 Å². The first-order chi connectivity index (χ1) is 18.7. The maximum absolute atomic E-state index is 15.1. The van der Waals surface area contributed by atoms with Gasteiger partial charge in [0.15, 0.2) is 5.15 Å². The van der Waals surface area contributed by atoms with E-state index in [1.807, 2.05) is 25.3 Å². The number of thioether (sulfide) groups is 1. The highest BCUT2D eigenvalue weighted by Crippen LogP contribution is 2.41. The number of nitrogens with zero attached hydrogens (tertiary/aromatic N) is 5. The maximum atomic E-state index is 15.1. The van der Waals surface area contributed by atoms with E-state index in [2.05, 4.69) is 20.3 Å². The third-order valence-corrected chi connectivity index (χ3v) is 8.18. The van der Waals surface area contributed by atoms with E-state index in [-0.39, 0.29) is 22.3 Å². The molecule has 0 amide bonds. The summed E-state index contributed by atoms with van der Waals surface area (Å²) < 4.78 is 18.3. The molecule has 4 heterocycles. The molecule has 1 aliphatic heterocycles. The number of hydrogen-bond donors (Lipinski definition) is 2. The lowest BCUT2D eigenvalue weighted by Crippen LogP contribution is -2.24. The summed E-state index contributed by atoms with van der Waals surface area (Å²) >= 11 is 13.8. The highest BCUT2D eigenvalue weighted by molar-refractivity contribution is 7.98. The molecular formula is C27H22Cl2FN7OS. The van der Waals surface area contributed by atoms with Crippen molar-refractivity contribution >= 4 is 40.7 Å². The molecule has 5 aromatic rings. The van der Waals surface area contributed by atoms with Crippen molar-refractivity contribution in [3.8, 4) is 28.1 Å². The molecule has 0 saturated carbocycles. The number of fused-ring (bicyclic) bond motifs is 1. The van der Waals surface area contributed by atoms with E-state index in [4.69, 9.17) is 28.9 Å². The molecule has 0 saturated heterocycles. The second-order valence-electron chi connectivity index (χ2n) is 9.42. The van der Waals surface area contributed by atoms with Crippen LogP contribution in [0.4, 0.5) is 10.1 Å². The molecule has 1 aliphatic rings. The predicted molar refractivity (Wildman–Crippen MR) is 152 cm³/mol. The number of H-pyrrole nitrogens is 1. The maximum Gasteiger partial charge on any atom is 0.252 e. The Kier molecular flexibility index (Phi) is 6.49. The fourth-order valence-corrected chi connectivity index (χ4v) is 5.99. The molecule has 12 heteroatoms. The highest BCUT2D eigenvalue weighted by Gasteiger charge is 2.33. The lowest BCUT2D eigenvalue weighted by molar-refractivity contribution is 0.538. The van der Waals surface area contributed by atoms with Crippen molar-refractivity contribution < 1.29 is 4.39 Å². The summed E-state index contributed by atoms with van der Waals surface area (Å²) in [4.78, 5) is 21.8. The topological polar surface area (TPSA) is 107 Å². The Morgan fingerprint density at radius 3 is 2.69 bits per heavy atom. The molecule has 3 N–H and O–H groups in total. The zero-order chi connectivity index (χ0) is 27.4. The lowest BCUT2D eigenvalue weighted by Gasteiger charge is -2.15. The zero-order valence-corrected chi connectivity index (χ0v) is 23.2. The van der Waals surface area contributed by atoms with Gasteiger partial charge < -0.3 is 15.3 Å². The molecule has 6 rings (SSSR count). The van der Waals surface area contributed by atoms with Crippen molar-refractivity contribution in [3.63, 3.8) is 0 Å². The van der Waals surface area contributed by atoms with Gasteiger partial charge in [-0.1, -0.05) is 41.4 Å². The average Bonchev–Trinajstić information content (AvgIpc) is 3.61. The van der Waals surface area contributed by atoms with Gasteiger partial charge in [0.1, 0.15) is 11.5 Å². The van der Waals surface area contributed by atoms with Crippen LogP contribution in [0, 0.1) is 5.95 Å². The summed E-state index contributed by atoms with van der Waals surface area (Å²) in [5, 5.41) is 8.68. The van der Waals surface area contributed by atoms with Gasteiger partial charge in [0.25, 0.3) is 5.56 Å². The van der Waals surface area contributed by atoms with Crippen molar-refractivity contribution in [3.05, 3.63) is 92.7 Å². The number of nitrogens with one attached hydrogen (secondary N) is 1. The summed E-state index contributed by atoms with van der Waals surface area (Å²) in [5.74, 6) is -0.142. The van der Waals surface area contributed by atoms with Crippen molar-refractivity contribution in [2.75, 3.05) is 12.0 Å². The Bertz CT molecular complexity index is 1800. The van der Waals surface area contributed by atoms with Gasteiger partial charge in [-0.2, -0.15) is 4.39 Å². The second-order valence-corrected chi connectivity index (χ2v) is 11.1. The van der Waals surface area contributed by atoms with Crippen LogP contribution < -0.4 is 11.3 Å². The van der Waals surface area contributed by atoms with Crippen LogP contribution in [0.25, 0.3) is 28.1 Å². The van der Waals surface area contributed by atoms with Crippen LogP contribution in [-0.4, -0.2) is 35.8 Å². The Morgan fingerprint density at radius 1 is 1.13 bits per heavy atom. The molecule has 3 aromatic heterocycles. The number of anilines is 1. The van der Waals surface area contributed by atoms with Gasteiger partial charge in [0, 0.05) is 38.5 Å². The average molecular weight is 582 g/mol. The summed E-state index contributed by atoms with van der Waals surface area (Å²) in [6.07, 6.45) is 4.08. The Balaban J connectivity index is 1.42. The SMILES string of the molecule is CSc1cc(-c2nc([C@@H]3C[C@@H](C)c4cc(-c5cc(Cl)ccc5-n5cc(Cl)nn5)cc(=O)n43)[nH]c2F)ccc1N. The number of nitrogen functional groups attached to an aromatic ring is 1. The van der Waals surface area contributed by atoms with E-state index in [0.717, 1.165) is 10.6 Å². The summed E-state index contributed by atoms with van der Waals surface area (Å²) in [6, 6.07) is 13.7. The van der Waals surface area contributed by atoms with Crippen LogP contribution in [0.3, 0.4) is 0 Å². The van der Waals surface area contributed by atoms with E-state index < -0.39 is 12.0 Å². The quantitative estimate of drug-likeness (QED) is 0.185. The molecule has 2 aromatic carbocycles. The molecule has 2 atom stereocenters. The van der Waals surface area contributed by atoms with Crippen LogP contribution >= 0.6 is 35.0 Å². The smallest absolute Gasteiger partial charge is 0.252 e. The number of rotatable bonds is 5. The summed E-state index contributed by atoms with van der Waals surface area (Å²) in [6.45, 7) is 2.04. The van der Waals surface area contributed by atoms with Gasteiger partial charge in [0.05, 0.1) is 17.9 Å². The number of aromatic nitrogens is 6. The third-order valence-electron chi connectivity index (χ3n) is 6.97. The minimum absolute atomic E-state index is 0.0160. The highest BCUT2D eigenvalue weighted by atomic mass is 35.5. The molecular weight excluding hydrogens is 560 g/mol. The van der Waals surface area contributed by atoms with E-state index in [9.17, 15) is 4.79 Å². The minimum Gasteiger partial charge on any atom is -0.398 e. The number of halogens is 3. The monoisotopic (exact) mass is 581 g/mol. The lowest BCUT2D eigenvalue weighted by atomic mass is 9.99. The van der Waals surface area contributed by atoms with Crippen molar-refractivity contribution in [2.45, 2.75) is 30.2 Å². The molecule has 8 nitrogen and oxygen atoms in total. The number of pyridine rings is 1. The molecule has 0 bridgehead atoms. The first-order valence-corrected chi connectivity index (χ1v) is 14.1.